The molecule has 1 aliphatic heterocycles. The van der Waals surface area contributed by atoms with Gasteiger partial charge < -0.3 is 10.4 Å². The zero-order valence-corrected chi connectivity index (χ0v) is 8.42. The normalized spacial score (nSPS) is 19.4. The zero-order chi connectivity index (χ0) is 9.56. The SMILES string of the molecule is Cl.O=C(O)C1CCCN1.O=[P+](O)O. The molecule has 0 saturated carbocycles. The van der Waals surface area contributed by atoms with Crippen LogP contribution in [0.15, 0.2) is 0 Å². The summed E-state index contributed by atoms with van der Waals surface area (Å²) in [5.41, 5.74) is 0. The van der Waals surface area contributed by atoms with Crippen molar-refractivity contribution in [2.45, 2.75) is 18.9 Å². The number of nitrogens with one attached hydrogen (secondary N) is 1. The fraction of sp³-hybridized carbons (Fsp3) is 0.800. The number of carboxylic acid groups (broad SMARTS) is 1. The molecular weight excluding hydrogens is 220 g/mol. The predicted octanol–water partition coefficient (Wildman–Crippen LogP) is -0.127. The molecule has 1 fully saturated rings. The van der Waals surface area contributed by atoms with Crippen LogP contribution in [0.1, 0.15) is 12.8 Å². The molecule has 13 heavy (non-hydrogen) atoms. The van der Waals surface area contributed by atoms with E-state index in [1.807, 2.05) is 0 Å². The van der Waals surface area contributed by atoms with Crippen LogP contribution in [0.3, 0.4) is 0 Å². The Kier molecular flexibility index (Phi) is 9.77. The summed E-state index contributed by atoms with van der Waals surface area (Å²) in [6.45, 7) is 0.858. The fourth-order valence-corrected chi connectivity index (χ4v) is 0.895. The third-order valence-corrected chi connectivity index (χ3v) is 1.36. The first kappa shape index (κ1) is 15.2. The van der Waals surface area contributed by atoms with Crippen molar-refractivity contribution in [3.05, 3.63) is 0 Å². The first-order chi connectivity index (χ1) is 5.54. The number of halogens is 1. The van der Waals surface area contributed by atoms with Crippen LogP contribution < -0.4 is 5.32 Å². The molecule has 0 aliphatic carbocycles. The highest BCUT2D eigenvalue weighted by Gasteiger charge is 2.20. The molecule has 1 saturated heterocycles. The van der Waals surface area contributed by atoms with Crippen molar-refractivity contribution in [3.8, 4) is 0 Å². The maximum absolute atomic E-state index is 10.1. The Balaban J connectivity index is 0. The second-order valence-electron chi connectivity index (χ2n) is 2.24. The Bertz CT molecular complexity index is 168. The van der Waals surface area contributed by atoms with Crippen LogP contribution in [0.4, 0.5) is 0 Å². The summed E-state index contributed by atoms with van der Waals surface area (Å²) < 4.78 is 8.70. The average molecular weight is 233 g/mol. The smallest absolute Gasteiger partial charge is 0.480 e. The van der Waals surface area contributed by atoms with Crippen molar-refractivity contribution < 1.29 is 24.3 Å². The van der Waals surface area contributed by atoms with Gasteiger partial charge in [-0.15, -0.1) is 22.2 Å². The second kappa shape index (κ2) is 8.34. The Morgan fingerprint density at radius 3 is 2.08 bits per heavy atom. The molecule has 1 rings (SSSR count). The minimum absolute atomic E-state index is 0. The monoisotopic (exact) mass is 232 g/mol. The van der Waals surface area contributed by atoms with Crippen LogP contribution in [0.2, 0.25) is 0 Å². The number of rotatable bonds is 1. The first-order valence-electron chi connectivity index (χ1n) is 3.35. The number of hydrogen-bond acceptors (Lipinski definition) is 3. The molecule has 1 aliphatic rings. The van der Waals surface area contributed by atoms with Crippen LogP contribution in [-0.2, 0) is 9.36 Å². The molecule has 0 radical (unpaired) electrons. The summed E-state index contributed by atoms with van der Waals surface area (Å²) in [4.78, 5) is 24.4. The van der Waals surface area contributed by atoms with E-state index in [0.717, 1.165) is 19.4 Å². The molecule has 0 spiro atoms. The molecule has 8 heteroatoms. The van der Waals surface area contributed by atoms with E-state index in [2.05, 4.69) is 5.32 Å². The lowest BCUT2D eigenvalue weighted by Gasteiger charge is -1.99. The molecule has 0 bridgehead atoms. The maximum atomic E-state index is 10.1. The summed E-state index contributed by atoms with van der Waals surface area (Å²) in [6.07, 6.45) is 1.78. The lowest BCUT2D eigenvalue weighted by molar-refractivity contribution is -0.139. The Morgan fingerprint density at radius 2 is 1.92 bits per heavy atom. The summed E-state index contributed by atoms with van der Waals surface area (Å²) >= 11 is 0. The van der Waals surface area contributed by atoms with Crippen LogP contribution in [0.5, 0.6) is 0 Å². The van der Waals surface area contributed by atoms with Gasteiger partial charge in [-0.25, -0.2) is 0 Å². The molecule has 78 valence electrons. The Labute approximate surface area is 82.3 Å². The highest BCUT2D eigenvalue weighted by atomic mass is 35.5. The van der Waals surface area contributed by atoms with Gasteiger partial charge in [-0.1, -0.05) is 0 Å². The lowest BCUT2D eigenvalue weighted by atomic mass is 10.2. The highest BCUT2D eigenvalue weighted by molar-refractivity contribution is 7.30. The summed E-state index contributed by atoms with van der Waals surface area (Å²) in [6, 6.07) is -0.269. The molecular formula is C5H12ClNO5P+. The van der Waals surface area contributed by atoms with E-state index in [0.29, 0.717) is 0 Å². The third kappa shape index (κ3) is 9.66. The minimum Gasteiger partial charge on any atom is -0.480 e. The van der Waals surface area contributed by atoms with Gasteiger partial charge in [-0.2, -0.15) is 0 Å². The molecule has 0 aromatic carbocycles. The maximum Gasteiger partial charge on any atom is 0.692 e. The number of aliphatic carboxylic acids is 1. The van der Waals surface area contributed by atoms with Gasteiger partial charge in [0.1, 0.15) is 6.04 Å². The van der Waals surface area contributed by atoms with Crippen molar-refractivity contribution in [1.29, 1.82) is 0 Å². The summed E-state index contributed by atoms with van der Waals surface area (Å²) in [7, 11) is -2.87. The fourth-order valence-electron chi connectivity index (χ4n) is 0.895. The van der Waals surface area contributed by atoms with Crippen LogP contribution in [-0.4, -0.2) is 33.4 Å². The number of carboxylic acids is 1. The molecule has 1 unspecified atom stereocenters. The Morgan fingerprint density at radius 1 is 1.46 bits per heavy atom. The molecule has 6 nitrogen and oxygen atoms in total. The topological polar surface area (TPSA) is 107 Å². The van der Waals surface area contributed by atoms with Crippen LogP contribution in [0, 0.1) is 0 Å². The van der Waals surface area contributed by atoms with E-state index < -0.39 is 14.2 Å². The van der Waals surface area contributed by atoms with E-state index in [-0.39, 0.29) is 18.4 Å². The molecule has 1 heterocycles. The van der Waals surface area contributed by atoms with Gasteiger partial charge in [0.15, 0.2) is 0 Å². The van der Waals surface area contributed by atoms with E-state index in [1.165, 1.54) is 0 Å². The number of hydrogen-bond donors (Lipinski definition) is 4. The van der Waals surface area contributed by atoms with E-state index in [4.69, 9.17) is 19.5 Å². The molecule has 0 aromatic heterocycles. The van der Waals surface area contributed by atoms with Gasteiger partial charge >= 0.3 is 14.2 Å². The largest absolute Gasteiger partial charge is 0.692 e. The highest BCUT2D eigenvalue weighted by Crippen LogP contribution is 2.03. The quantitative estimate of drug-likeness (QED) is 0.469. The van der Waals surface area contributed by atoms with Crippen LogP contribution >= 0.6 is 20.7 Å². The Hall–Kier alpha value is -0.260. The minimum atomic E-state index is -2.87. The standard InChI is InChI=1S/C5H9NO2.ClH.HO3P/c7-5(8)4-2-1-3-6-4;;1-4(2)3/h4,6H,1-3H2,(H,7,8);1H;(H-,1,2,3)/p+1. The number of carbonyl (C=O) groups is 1. The molecule has 0 amide bonds. The van der Waals surface area contributed by atoms with Crippen molar-refractivity contribution >= 4 is 26.6 Å². The summed E-state index contributed by atoms with van der Waals surface area (Å²) in [5.74, 6) is -0.720. The van der Waals surface area contributed by atoms with Gasteiger partial charge in [-0.05, 0) is 19.4 Å². The average Bonchev–Trinajstić information content (AvgIpc) is 2.34. The molecule has 0 aromatic rings. The zero-order valence-electron chi connectivity index (χ0n) is 6.71. The molecule has 4 N–H and O–H groups in total. The van der Waals surface area contributed by atoms with Gasteiger partial charge in [0.05, 0.1) is 0 Å². The van der Waals surface area contributed by atoms with Crippen molar-refractivity contribution in [1.82, 2.24) is 5.32 Å². The summed E-state index contributed by atoms with van der Waals surface area (Å²) in [5, 5.41) is 11.2. The van der Waals surface area contributed by atoms with Crippen molar-refractivity contribution in [2.24, 2.45) is 0 Å². The van der Waals surface area contributed by atoms with Gasteiger partial charge in [-0.3, -0.25) is 4.79 Å². The van der Waals surface area contributed by atoms with Crippen molar-refractivity contribution in [3.63, 3.8) is 0 Å². The lowest BCUT2D eigenvalue weighted by Crippen LogP contribution is -2.29. The van der Waals surface area contributed by atoms with E-state index in [9.17, 15) is 4.79 Å². The van der Waals surface area contributed by atoms with Crippen molar-refractivity contribution in [2.75, 3.05) is 6.54 Å². The first-order valence-corrected chi connectivity index (χ1v) is 4.51. The van der Waals surface area contributed by atoms with E-state index in [1.54, 1.807) is 0 Å². The van der Waals surface area contributed by atoms with Gasteiger partial charge in [0.2, 0.25) is 0 Å². The van der Waals surface area contributed by atoms with Gasteiger partial charge in [0.25, 0.3) is 0 Å². The third-order valence-electron chi connectivity index (χ3n) is 1.36. The van der Waals surface area contributed by atoms with Gasteiger partial charge in [0, 0.05) is 4.57 Å². The molecule has 1 atom stereocenters. The predicted molar refractivity (Wildman–Crippen MR) is 48.0 cm³/mol. The van der Waals surface area contributed by atoms with Crippen LogP contribution in [0.25, 0.3) is 0 Å². The van der Waals surface area contributed by atoms with E-state index >= 15 is 0 Å². The second-order valence-corrected chi connectivity index (χ2v) is 2.75.